The highest BCUT2D eigenvalue weighted by atomic mass is 32.2. The number of piperazine rings is 1. The quantitative estimate of drug-likeness (QED) is 0.137. The van der Waals surface area contributed by atoms with Crippen molar-refractivity contribution in [3.8, 4) is 23.3 Å². The molecule has 0 atom stereocenters. The number of hydrogen-bond acceptors (Lipinski definition) is 12. The lowest BCUT2D eigenvalue weighted by molar-refractivity contribution is -0.133. The average Bonchev–Trinajstić information content (AvgIpc) is 4.04. The first kappa shape index (κ1) is 36.2. The number of fused-ring (bicyclic) bond motifs is 1. The molecule has 0 spiro atoms. The van der Waals surface area contributed by atoms with Gasteiger partial charge in [-0.05, 0) is 105 Å². The number of anilines is 3. The van der Waals surface area contributed by atoms with Gasteiger partial charge in [-0.1, -0.05) is 6.07 Å². The van der Waals surface area contributed by atoms with Crippen molar-refractivity contribution in [2.24, 2.45) is 0 Å². The number of aromatic nitrogens is 4. The maximum atomic E-state index is 14.9. The number of piperidine rings is 1. The lowest BCUT2D eigenvalue weighted by atomic mass is 9.89. The second kappa shape index (κ2) is 15.5. The molecule has 2 saturated heterocycles. The average molecular weight is 765 g/mol. The summed E-state index contributed by atoms with van der Waals surface area (Å²) in [6.45, 7) is 3.92. The molecule has 3 N–H and O–H groups in total. The second-order valence-corrected chi connectivity index (χ2v) is 15.1. The van der Waals surface area contributed by atoms with Gasteiger partial charge in [-0.3, -0.25) is 19.1 Å². The fraction of sp³-hybridized carbons (Fsp3) is 0.333. The Morgan fingerprint density at radius 1 is 0.945 bits per heavy atom. The van der Waals surface area contributed by atoms with Gasteiger partial charge in [0.1, 0.15) is 29.5 Å². The normalized spacial score (nSPS) is 16.6. The summed E-state index contributed by atoms with van der Waals surface area (Å²) in [7, 11) is 0. The number of nitriles is 1. The molecule has 3 aliphatic rings. The molecule has 3 aromatic carbocycles. The summed E-state index contributed by atoms with van der Waals surface area (Å²) in [4.78, 5) is 46.3. The van der Waals surface area contributed by atoms with E-state index >= 15 is 0 Å². The highest BCUT2D eigenvalue weighted by Gasteiger charge is 2.28. The summed E-state index contributed by atoms with van der Waals surface area (Å²) >= 11 is 1.49. The lowest BCUT2D eigenvalue weighted by Gasteiger charge is -2.37. The molecular formula is C39H38F2N10O3S. The highest BCUT2D eigenvalue weighted by molar-refractivity contribution is 8.01. The number of carbonyl (C=O) groups excluding carboxylic acids is 1. The minimum Gasteiger partial charge on any atom is -0.453 e. The Bertz CT molecular complexity index is 2330. The minimum atomic E-state index is -0.700. The number of likely N-dealkylation sites (tertiary alicyclic amines) is 1. The van der Waals surface area contributed by atoms with Crippen LogP contribution in [-0.2, 0) is 4.79 Å². The van der Waals surface area contributed by atoms with Crippen LogP contribution < -0.4 is 25.7 Å². The van der Waals surface area contributed by atoms with Gasteiger partial charge >= 0.3 is 0 Å². The number of nitrogens with two attached hydrogens (primary N) is 1. The van der Waals surface area contributed by atoms with E-state index in [9.17, 15) is 23.6 Å². The second-order valence-electron chi connectivity index (χ2n) is 14.0. The van der Waals surface area contributed by atoms with Crippen LogP contribution in [0.3, 0.4) is 0 Å². The van der Waals surface area contributed by atoms with Gasteiger partial charge in [0.15, 0.2) is 11.6 Å². The van der Waals surface area contributed by atoms with E-state index in [4.69, 9.17) is 10.5 Å². The van der Waals surface area contributed by atoms with Crippen LogP contribution in [0.25, 0.3) is 16.6 Å². The van der Waals surface area contributed by atoms with Crippen LogP contribution in [0.4, 0.5) is 26.1 Å². The molecule has 0 bridgehead atoms. The van der Waals surface area contributed by atoms with Crippen LogP contribution in [0.15, 0.2) is 72.0 Å². The number of ether oxygens (including phenoxy) is 1. The molecule has 16 heteroatoms. The molecule has 1 saturated carbocycles. The molecule has 1 amide bonds. The van der Waals surface area contributed by atoms with E-state index in [0.29, 0.717) is 72.1 Å². The predicted molar refractivity (Wildman–Crippen MR) is 206 cm³/mol. The first-order chi connectivity index (χ1) is 26.7. The van der Waals surface area contributed by atoms with Gasteiger partial charge in [0.25, 0.3) is 5.56 Å². The summed E-state index contributed by atoms with van der Waals surface area (Å²) < 4.78 is 39.7. The van der Waals surface area contributed by atoms with Crippen molar-refractivity contribution in [2.75, 3.05) is 61.2 Å². The van der Waals surface area contributed by atoms with Crippen molar-refractivity contribution in [3.05, 3.63) is 100 Å². The van der Waals surface area contributed by atoms with Gasteiger partial charge in [0, 0.05) is 37.1 Å². The molecule has 2 aliphatic heterocycles. The molecule has 8 rings (SSSR count). The molecule has 5 aromatic rings. The predicted octanol–water partition coefficient (Wildman–Crippen LogP) is 5.45. The van der Waals surface area contributed by atoms with E-state index in [-0.39, 0.29) is 40.1 Å². The Balaban J connectivity index is 0.882. The summed E-state index contributed by atoms with van der Waals surface area (Å²) in [5.41, 5.74) is 7.70. The first-order valence-corrected chi connectivity index (χ1v) is 19.1. The molecule has 3 fully saturated rings. The maximum absolute atomic E-state index is 14.9. The van der Waals surface area contributed by atoms with Gasteiger partial charge in [0.2, 0.25) is 11.9 Å². The molecule has 282 valence electrons. The van der Waals surface area contributed by atoms with Gasteiger partial charge in [-0.25, -0.2) is 23.7 Å². The molecule has 2 aromatic heterocycles. The molecule has 55 heavy (non-hydrogen) atoms. The third kappa shape index (κ3) is 7.89. The molecule has 13 nitrogen and oxygen atoms in total. The van der Waals surface area contributed by atoms with Crippen molar-refractivity contribution in [1.82, 2.24) is 29.3 Å². The Morgan fingerprint density at radius 3 is 2.42 bits per heavy atom. The van der Waals surface area contributed by atoms with E-state index in [1.165, 1.54) is 47.1 Å². The van der Waals surface area contributed by atoms with Crippen molar-refractivity contribution in [1.29, 1.82) is 5.26 Å². The third-order valence-corrected chi connectivity index (χ3v) is 11.4. The number of amides is 1. The van der Waals surface area contributed by atoms with Gasteiger partial charge in [-0.15, -0.1) is 0 Å². The molecule has 1 aliphatic carbocycles. The van der Waals surface area contributed by atoms with E-state index in [1.807, 2.05) is 15.9 Å². The Hall–Kier alpha value is -5.79. The number of carbonyl (C=O) groups is 1. The van der Waals surface area contributed by atoms with E-state index < -0.39 is 11.4 Å². The first-order valence-electron chi connectivity index (χ1n) is 18.2. The monoisotopic (exact) mass is 764 g/mol. The zero-order chi connectivity index (χ0) is 38.1. The maximum Gasteiger partial charge on any atom is 0.266 e. The van der Waals surface area contributed by atoms with E-state index in [0.717, 1.165) is 38.8 Å². The summed E-state index contributed by atoms with van der Waals surface area (Å²) in [6, 6.07) is 14.3. The topological polar surface area (TPSA) is 159 Å². The lowest BCUT2D eigenvalue weighted by Crippen LogP contribution is -2.52. The Labute approximate surface area is 319 Å². The molecule has 4 heterocycles. The molecule has 0 radical (unpaired) electrons. The Morgan fingerprint density at radius 2 is 1.71 bits per heavy atom. The van der Waals surface area contributed by atoms with Crippen molar-refractivity contribution >= 4 is 46.1 Å². The minimum absolute atomic E-state index is 0.0312. The van der Waals surface area contributed by atoms with Crippen molar-refractivity contribution in [3.63, 3.8) is 0 Å². The fourth-order valence-corrected chi connectivity index (χ4v) is 7.81. The van der Waals surface area contributed by atoms with Crippen molar-refractivity contribution in [2.45, 2.75) is 36.9 Å². The van der Waals surface area contributed by atoms with Gasteiger partial charge < -0.3 is 25.0 Å². The SMILES string of the molecule is N#Cc1c(NSC2CC2)ccc(F)c1Oc1ccc2ncn(-c3cnc(N4CCN(C(=O)CN5CCC(c6ccc(N)cc6F)CC5)CC4)nc3)c(=O)c2c1. The number of halogens is 2. The largest absolute Gasteiger partial charge is 0.453 e. The summed E-state index contributed by atoms with van der Waals surface area (Å²) in [5, 5.41) is 10.5. The van der Waals surface area contributed by atoms with Crippen LogP contribution in [0.2, 0.25) is 0 Å². The number of rotatable bonds is 10. The number of hydrogen-bond donors (Lipinski definition) is 2. The third-order valence-electron chi connectivity index (χ3n) is 10.3. The zero-order valence-electron chi connectivity index (χ0n) is 29.8. The van der Waals surface area contributed by atoms with E-state index in [2.05, 4.69) is 24.6 Å². The number of nitrogens with zero attached hydrogens (tertiary/aromatic N) is 8. The zero-order valence-corrected chi connectivity index (χ0v) is 30.6. The van der Waals surface area contributed by atoms with E-state index in [1.54, 1.807) is 36.7 Å². The van der Waals surface area contributed by atoms with Crippen LogP contribution in [0.5, 0.6) is 11.5 Å². The smallest absolute Gasteiger partial charge is 0.266 e. The number of nitrogens with one attached hydrogen (secondary N) is 1. The van der Waals surface area contributed by atoms with Crippen LogP contribution in [0.1, 0.15) is 42.7 Å². The highest BCUT2D eigenvalue weighted by Crippen LogP contribution is 2.39. The fourth-order valence-electron chi connectivity index (χ4n) is 6.98. The van der Waals surface area contributed by atoms with Gasteiger partial charge in [0.05, 0.1) is 41.2 Å². The Kier molecular flexibility index (Phi) is 10.2. The van der Waals surface area contributed by atoms with Crippen molar-refractivity contribution < 1.29 is 18.3 Å². The van der Waals surface area contributed by atoms with Crippen LogP contribution in [0, 0.1) is 23.0 Å². The summed E-state index contributed by atoms with van der Waals surface area (Å²) in [6.07, 6.45) is 8.22. The van der Waals surface area contributed by atoms with Gasteiger partial charge in [-0.2, -0.15) is 5.26 Å². The molecule has 0 unspecified atom stereocenters. The van der Waals surface area contributed by atoms with Crippen LogP contribution in [-0.4, -0.2) is 86.3 Å². The molecular weight excluding hydrogens is 727 g/mol. The standard InChI is InChI=1S/C39H38F2N10O3S/c40-32-6-8-35(47-55-28-3-4-28)31(19-42)37(32)54-27-2-7-34-30(18-27)38(53)51(23-46-34)26-20-44-39(45-21-26)50-15-13-49(14-16-50)36(52)22-48-11-9-24(10-12-48)29-5-1-25(43)17-33(29)41/h1-2,5-8,17-18,20-21,23-24,28,47H,3-4,9-16,22,43H2. The van der Waals surface area contributed by atoms with Crippen LogP contribution >= 0.6 is 11.9 Å². The number of benzene rings is 3. The number of nitrogen functional groups attached to an aromatic ring is 1. The summed E-state index contributed by atoms with van der Waals surface area (Å²) in [5.74, 6) is -0.366.